The number of hydrogen-bond acceptors (Lipinski definition) is 13. The van der Waals surface area contributed by atoms with Gasteiger partial charge in [-0.15, -0.1) is 0 Å². The van der Waals surface area contributed by atoms with Gasteiger partial charge >= 0.3 is 0 Å². The molecular formula is C55H105NO13. The van der Waals surface area contributed by atoms with E-state index in [2.05, 4.69) is 31.3 Å². The number of amides is 1. The quantitative estimate of drug-likeness (QED) is 0.0206. The van der Waals surface area contributed by atoms with Crippen LogP contribution in [0.4, 0.5) is 0 Å². The molecule has 1 amide bonds. The molecule has 0 aromatic carbocycles. The lowest BCUT2D eigenvalue weighted by Gasteiger charge is -2.46. The number of unbranched alkanes of at least 4 members (excludes halogenated alkanes) is 30. The van der Waals surface area contributed by atoms with Gasteiger partial charge in [-0.1, -0.05) is 206 Å². The molecule has 0 aromatic heterocycles. The Morgan fingerprint density at radius 3 is 1.38 bits per heavy atom. The molecule has 2 heterocycles. The molecular weight excluding hydrogens is 883 g/mol. The van der Waals surface area contributed by atoms with Gasteiger partial charge in [-0.25, -0.2) is 0 Å². The zero-order chi connectivity index (χ0) is 50.3. The minimum absolute atomic E-state index is 0.213. The molecule has 2 aliphatic rings. The molecule has 9 N–H and O–H groups in total. The van der Waals surface area contributed by atoms with Gasteiger partial charge in [-0.2, -0.15) is 0 Å². The first-order valence-electron chi connectivity index (χ1n) is 28.4. The molecule has 14 heteroatoms. The molecule has 2 aliphatic heterocycles. The minimum atomic E-state index is -1.78. The van der Waals surface area contributed by atoms with Crippen LogP contribution in [0.1, 0.15) is 239 Å². The van der Waals surface area contributed by atoms with Crippen molar-refractivity contribution in [3.8, 4) is 0 Å². The Balaban J connectivity index is 1.78. The van der Waals surface area contributed by atoms with E-state index in [1.54, 1.807) is 0 Å². The Morgan fingerprint density at radius 2 is 0.913 bits per heavy atom. The van der Waals surface area contributed by atoms with Crippen molar-refractivity contribution in [1.29, 1.82) is 0 Å². The predicted molar refractivity (Wildman–Crippen MR) is 272 cm³/mol. The second-order valence-corrected chi connectivity index (χ2v) is 20.4. The third kappa shape index (κ3) is 28.7. The van der Waals surface area contributed by atoms with Crippen molar-refractivity contribution in [1.82, 2.24) is 5.32 Å². The molecule has 2 saturated heterocycles. The molecule has 0 spiro atoms. The lowest BCUT2D eigenvalue weighted by Crippen LogP contribution is -2.65. The van der Waals surface area contributed by atoms with Crippen molar-refractivity contribution in [3.63, 3.8) is 0 Å². The van der Waals surface area contributed by atoms with Crippen molar-refractivity contribution < 1.29 is 64.6 Å². The molecule has 12 unspecified atom stereocenters. The van der Waals surface area contributed by atoms with Gasteiger partial charge in [0, 0.05) is 6.42 Å². The van der Waals surface area contributed by atoms with Crippen LogP contribution in [0.2, 0.25) is 0 Å². The van der Waals surface area contributed by atoms with Gasteiger partial charge in [-0.05, 0) is 38.5 Å². The van der Waals surface area contributed by atoms with Gasteiger partial charge in [0.15, 0.2) is 12.6 Å². The van der Waals surface area contributed by atoms with E-state index in [4.69, 9.17) is 18.9 Å². The summed E-state index contributed by atoms with van der Waals surface area (Å²) in [4.78, 5) is 13.2. The van der Waals surface area contributed by atoms with Crippen LogP contribution in [-0.2, 0) is 23.7 Å². The molecule has 2 rings (SSSR count). The topological polar surface area (TPSA) is 228 Å². The Labute approximate surface area is 418 Å². The summed E-state index contributed by atoms with van der Waals surface area (Å²) in [7, 11) is 0. The van der Waals surface area contributed by atoms with Gasteiger partial charge in [0.2, 0.25) is 5.91 Å². The van der Waals surface area contributed by atoms with Gasteiger partial charge in [0.1, 0.15) is 48.8 Å². The molecule has 408 valence electrons. The summed E-state index contributed by atoms with van der Waals surface area (Å²) in [5.41, 5.74) is 0. The van der Waals surface area contributed by atoms with Gasteiger partial charge < -0.3 is 65.1 Å². The van der Waals surface area contributed by atoms with E-state index in [-0.39, 0.29) is 12.5 Å². The van der Waals surface area contributed by atoms with Crippen LogP contribution in [0.15, 0.2) is 12.2 Å². The van der Waals surface area contributed by atoms with E-state index >= 15 is 0 Å². The van der Waals surface area contributed by atoms with Crippen LogP contribution in [0.5, 0.6) is 0 Å². The van der Waals surface area contributed by atoms with Crippen LogP contribution in [0.3, 0.4) is 0 Å². The highest BCUT2D eigenvalue weighted by molar-refractivity contribution is 5.76. The van der Waals surface area contributed by atoms with E-state index in [1.807, 2.05) is 0 Å². The van der Waals surface area contributed by atoms with Crippen molar-refractivity contribution in [2.45, 2.75) is 312 Å². The van der Waals surface area contributed by atoms with E-state index < -0.39 is 86.8 Å². The molecule has 69 heavy (non-hydrogen) atoms. The third-order valence-electron chi connectivity index (χ3n) is 14.2. The zero-order valence-electron chi connectivity index (χ0n) is 43.6. The lowest BCUT2D eigenvalue weighted by atomic mass is 9.97. The summed E-state index contributed by atoms with van der Waals surface area (Å²) < 4.78 is 22.8. The molecule has 12 atom stereocenters. The van der Waals surface area contributed by atoms with E-state index in [1.165, 1.54) is 141 Å². The van der Waals surface area contributed by atoms with Gasteiger partial charge in [-0.3, -0.25) is 4.79 Å². The maximum absolute atomic E-state index is 13.2. The summed E-state index contributed by atoms with van der Waals surface area (Å²) in [6.07, 6.45) is 29.2. The maximum Gasteiger partial charge on any atom is 0.220 e. The first kappa shape index (κ1) is 63.8. The second-order valence-electron chi connectivity index (χ2n) is 20.4. The largest absolute Gasteiger partial charge is 0.394 e. The third-order valence-corrected chi connectivity index (χ3v) is 14.2. The number of carbonyl (C=O) groups excluding carboxylic acids is 1. The van der Waals surface area contributed by atoms with Crippen molar-refractivity contribution in [3.05, 3.63) is 12.2 Å². The molecule has 0 bridgehead atoms. The molecule has 0 aliphatic carbocycles. The Kier molecular flexibility index (Phi) is 39.0. The minimum Gasteiger partial charge on any atom is -0.394 e. The fraction of sp³-hybridized carbons (Fsp3) is 0.945. The van der Waals surface area contributed by atoms with Crippen molar-refractivity contribution >= 4 is 5.91 Å². The number of aliphatic hydroxyl groups is 8. The average molecular weight is 988 g/mol. The highest BCUT2D eigenvalue weighted by Crippen LogP contribution is 2.30. The SMILES string of the molecule is CCCCCCCC/C=C\CCCCCCCC(=O)NC(COC1OC(CO)C(OC2OC(CO)C(O)C(O)C2O)C(O)C1O)C(O)CCCCCCCCCCCCCCCCCCCCCC. The predicted octanol–water partition coefficient (Wildman–Crippen LogP) is 8.72. The van der Waals surface area contributed by atoms with E-state index in [0.717, 1.165) is 64.2 Å². The summed E-state index contributed by atoms with van der Waals surface area (Å²) in [5, 5.41) is 87.1. The fourth-order valence-electron chi connectivity index (χ4n) is 9.59. The smallest absolute Gasteiger partial charge is 0.220 e. The van der Waals surface area contributed by atoms with Gasteiger partial charge in [0.25, 0.3) is 0 Å². The summed E-state index contributed by atoms with van der Waals surface area (Å²) in [6, 6.07) is -0.829. The molecule has 0 aromatic rings. The summed E-state index contributed by atoms with van der Waals surface area (Å²) in [5.74, 6) is -0.213. The van der Waals surface area contributed by atoms with E-state index in [9.17, 15) is 45.6 Å². The monoisotopic (exact) mass is 988 g/mol. The normalized spacial score (nSPS) is 26.2. The Morgan fingerprint density at radius 1 is 0.507 bits per heavy atom. The highest BCUT2D eigenvalue weighted by atomic mass is 16.7. The zero-order valence-corrected chi connectivity index (χ0v) is 43.6. The molecule has 14 nitrogen and oxygen atoms in total. The number of ether oxygens (including phenoxy) is 4. The van der Waals surface area contributed by atoms with Crippen LogP contribution < -0.4 is 5.32 Å². The van der Waals surface area contributed by atoms with Crippen molar-refractivity contribution in [2.75, 3.05) is 19.8 Å². The number of carbonyl (C=O) groups is 1. The molecule has 0 radical (unpaired) electrons. The Bertz CT molecular complexity index is 1210. The second kappa shape index (κ2) is 42.1. The lowest BCUT2D eigenvalue weighted by molar-refractivity contribution is -0.359. The molecule has 2 fully saturated rings. The number of nitrogens with one attached hydrogen (secondary N) is 1. The summed E-state index contributed by atoms with van der Waals surface area (Å²) in [6.45, 7) is 2.86. The Hall–Kier alpha value is -1.27. The molecule has 0 saturated carbocycles. The fourth-order valence-corrected chi connectivity index (χ4v) is 9.59. The number of allylic oxidation sites excluding steroid dienone is 2. The highest BCUT2D eigenvalue weighted by Gasteiger charge is 2.51. The van der Waals surface area contributed by atoms with Crippen molar-refractivity contribution in [2.24, 2.45) is 0 Å². The standard InChI is InChI=1S/C55H105NO13/c1-3-5-7-9-11-13-15-17-19-20-21-22-23-25-26-28-30-32-34-36-38-44(59)43(56-47(60)39-37-35-33-31-29-27-24-18-16-14-12-10-8-6-4-2)42-66-54-52(65)50(63)53(46(41-58)68-54)69-55-51(64)49(62)48(61)45(40-57)67-55/h18,24,43-46,48-55,57-59,61-65H,3-17,19-23,25-42H2,1-2H3,(H,56,60)/b24-18-. The average Bonchev–Trinajstić information content (AvgIpc) is 3.35. The first-order valence-corrected chi connectivity index (χ1v) is 28.4. The van der Waals surface area contributed by atoms with Crippen LogP contribution in [-0.4, -0.2) is 140 Å². The number of hydrogen-bond donors (Lipinski definition) is 9. The van der Waals surface area contributed by atoms with E-state index in [0.29, 0.717) is 19.3 Å². The number of rotatable bonds is 45. The first-order chi connectivity index (χ1) is 33.6. The summed E-state index contributed by atoms with van der Waals surface area (Å²) >= 11 is 0. The maximum atomic E-state index is 13.2. The van der Waals surface area contributed by atoms with Crippen LogP contribution in [0.25, 0.3) is 0 Å². The number of aliphatic hydroxyl groups excluding tert-OH is 8. The van der Waals surface area contributed by atoms with Gasteiger partial charge in [0.05, 0.1) is 32.0 Å². The van der Waals surface area contributed by atoms with Crippen LogP contribution >= 0.6 is 0 Å². The van der Waals surface area contributed by atoms with Crippen LogP contribution in [0, 0.1) is 0 Å².